The van der Waals surface area contributed by atoms with E-state index in [0.717, 1.165) is 35.9 Å². The van der Waals surface area contributed by atoms with Crippen LogP contribution in [0.2, 0.25) is 0 Å². The number of carbonyl (C=O) groups is 1. The molecule has 1 amide bonds. The Morgan fingerprint density at radius 1 is 1.00 bits per heavy atom. The van der Waals surface area contributed by atoms with Gasteiger partial charge in [0.2, 0.25) is 11.9 Å². The molecule has 2 aromatic carbocycles. The van der Waals surface area contributed by atoms with Gasteiger partial charge in [-0.2, -0.15) is 4.98 Å². The predicted octanol–water partition coefficient (Wildman–Crippen LogP) is 4.45. The topological polar surface area (TPSA) is 70.2 Å². The number of nitrogens with one attached hydrogen (secondary N) is 2. The lowest BCUT2D eigenvalue weighted by Gasteiger charge is -2.17. The molecule has 30 heavy (non-hydrogen) atoms. The molecule has 1 aliphatic heterocycles. The third kappa shape index (κ3) is 5.11. The van der Waals surface area contributed by atoms with Crippen molar-refractivity contribution < 1.29 is 9.18 Å². The maximum atomic E-state index is 13.0. The van der Waals surface area contributed by atoms with Crippen molar-refractivity contribution in [2.45, 2.75) is 26.2 Å². The van der Waals surface area contributed by atoms with Crippen molar-refractivity contribution in [1.29, 1.82) is 0 Å². The molecule has 1 aromatic heterocycles. The van der Waals surface area contributed by atoms with Gasteiger partial charge in [-0.15, -0.1) is 0 Å². The fourth-order valence-electron chi connectivity index (χ4n) is 3.47. The smallest absolute Gasteiger partial charge is 0.229 e. The van der Waals surface area contributed by atoms with Crippen LogP contribution in [0, 0.1) is 12.7 Å². The standard InChI is InChI=1S/C23H24FN5O/c1-16-14-21(29-12-2-3-13-29)28-23(25-16)27-20-10-8-19(9-11-20)26-22(30)15-17-4-6-18(24)7-5-17/h4-11,14H,2-3,12-13,15H2,1H3,(H,26,30)(H,25,27,28). The summed E-state index contributed by atoms with van der Waals surface area (Å²) >= 11 is 0. The molecule has 0 unspecified atom stereocenters. The van der Waals surface area contributed by atoms with Gasteiger partial charge in [0.15, 0.2) is 0 Å². The number of aryl methyl sites for hydroxylation is 1. The Kier molecular flexibility index (Phi) is 5.88. The second-order valence-corrected chi connectivity index (χ2v) is 7.44. The van der Waals surface area contributed by atoms with Crippen LogP contribution in [0.4, 0.5) is 27.5 Å². The predicted molar refractivity (Wildman–Crippen MR) is 117 cm³/mol. The Balaban J connectivity index is 1.37. The summed E-state index contributed by atoms with van der Waals surface area (Å²) in [6.07, 6.45) is 2.58. The van der Waals surface area contributed by atoms with Gasteiger partial charge in [0, 0.05) is 36.2 Å². The first-order chi connectivity index (χ1) is 14.5. The first kappa shape index (κ1) is 19.8. The van der Waals surface area contributed by atoms with Crippen molar-refractivity contribution in [3.8, 4) is 0 Å². The highest BCUT2D eigenvalue weighted by Gasteiger charge is 2.15. The fourth-order valence-corrected chi connectivity index (χ4v) is 3.47. The largest absolute Gasteiger partial charge is 0.356 e. The molecule has 154 valence electrons. The summed E-state index contributed by atoms with van der Waals surface area (Å²) in [6.45, 7) is 4.02. The highest BCUT2D eigenvalue weighted by molar-refractivity contribution is 5.92. The molecule has 1 aliphatic rings. The van der Waals surface area contributed by atoms with Crippen LogP contribution in [0.1, 0.15) is 24.1 Å². The summed E-state index contributed by atoms with van der Waals surface area (Å²) < 4.78 is 13.0. The van der Waals surface area contributed by atoms with E-state index >= 15 is 0 Å². The van der Waals surface area contributed by atoms with E-state index in [2.05, 4.69) is 25.5 Å². The summed E-state index contributed by atoms with van der Waals surface area (Å²) in [4.78, 5) is 23.6. The number of nitrogens with zero attached hydrogens (tertiary/aromatic N) is 3. The van der Waals surface area contributed by atoms with Gasteiger partial charge in [-0.1, -0.05) is 12.1 Å². The molecule has 1 fully saturated rings. The van der Waals surface area contributed by atoms with Gasteiger partial charge in [-0.3, -0.25) is 4.79 Å². The van der Waals surface area contributed by atoms with Gasteiger partial charge in [-0.25, -0.2) is 9.37 Å². The summed E-state index contributed by atoms with van der Waals surface area (Å²) in [7, 11) is 0. The minimum absolute atomic E-state index is 0.153. The van der Waals surface area contributed by atoms with E-state index in [1.54, 1.807) is 12.1 Å². The molecule has 0 aliphatic carbocycles. The van der Waals surface area contributed by atoms with Crippen LogP contribution >= 0.6 is 0 Å². The Labute approximate surface area is 175 Å². The average molecular weight is 405 g/mol. The summed E-state index contributed by atoms with van der Waals surface area (Å²) in [5, 5.41) is 6.09. The lowest BCUT2D eigenvalue weighted by atomic mass is 10.1. The molecule has 3 aromatic rings. The molecule has 2 heterocycles. The Morgan fingerprint density at radius 2 is 1.67 bits per heavy atom. The SMILES string of the molecule is Cc1cc(N2CCCC2)nc(Nc2ccc(NC(=O)Cc3ccc(F)cc3)cc2)n1. The highest BCUT2D eigenvalue weighted by atomic mass is 19.1. The number of amides is 1. The fraction of sp³-hybridized carbons (Fsp3) is 0.261. The molecular weight excluding hydrogens is 381 g/mol. The van der Waals surface area contributed by atoms with E-state index in [1.165, 1.54) is 25.0 Å². The van der Waals surface area contributed by atoms with E-state index in [0.29, 0.717) is 11.6 Å². The minimum Gasteiger partial charge on any atom is -0.356 e. The van der Waals surface area contributed by atoms with Gasteiger partial charge in [-0.05, 0) is 61.7 Å². The lowest BCUT2D eigenvalue weighted by molar-refractivity contribution is -0.115. The molecule has 7 heteroatoms. The van der Waals surface area contributed by atoms with Crippen LogP contribution in [-0.4, -0.2) is 29.0 Å². The molecule has 0 bridgehead atoms. The number of halogens is 1. The average Bonchev–Trinajstić information content (AvgIpc) is 3.26. The van der Waals surface area contributed by atoms with Crippen LogP contribution in [0.25, 0.3) is 0 Å². The van der Waals surface area contributed by atoms with E-state index in [4.69, 9.17) is 0 Å². The van der Waals surface area contributed by atoms with E-state index in [1.807, 2.05) is 37.3 Å². The van der Waals surface area contributed by atoms with Gasteiger partial charge in [0.05, 0.1) is 6.42 Å². The monoisotopic (exact) mass is 405 g/mol. The number of hydrogen-bond acceptors (Lipinski definition) is 5. The van der Waals surface area contributed by atoms with Crippen molar-refractivity contribution in [2.75, 3.05) is 28.6 Å². The molecule has 2 N–H and O–H groups in total. The highest BCUT2D eigenvalue weighted by Crippen LogP contribution is 2.22. The molecule has 1 saturated heterocycles. The van der Waals surface area contributed by atoms with E-state index < -0.39 is 0 Å². The minimum atomic E-state index is -0.313. The van der Waals surface area contributed by atoms with Crippen molar-refractivity contribution in [1.82, 2.24) is 9.97 Å². The van der Waals surface area contributed by atoms with Crippen LogP contribution in [-0.2, 0) is 11.2 Å². The van der Waals surface area contributed by atoms with Crippen molar-refractivity contribution in [2.24, 2.45) is 0 Å². The third-order valence-electron chi connectivity index (χ3n) is 4.97. The Hall–Kier alpha value is -3.48. The van der Waals surface area contributed by atoms with Gasteiger partial charge in [0.1, 0.15) is 11.6 Å². The molecule has 0 saturated carbocycles. The zero-order valence-electron chi connectivity index (χ0n) is 16.9. The number of carbonyl (C=O) groups excluding carboxylic acids is 1. The zero-order valence-corrected chi connectivity index (χ0v) is 16.9. The number of anilines is 4. The van der Waals surface area contributed by atoms with Gasteiger partial charge in [0.25, 0.3) is 0 Å². The van der Waals surface area contributed by atoms with Crippen LogP contribution in [0.15, 0.2) is 54.6 Å². The van der Waals surface area contributed by atoms with Crippen molar-refractivity contribution in [3.05, 3.63) is 71.7 Å². The second kappa shape index (κ2) is 8.90. The number of benzene rings is 2. The van der Waals surface area contributed by atoms with Crippen molar-refractivity contribution in [3.63, 3.8) is 0 Å². The Bertz CT molecular complexity index is 1010. The first-order valence-corrected chi connectivity index (χ1v) is 10.1. The molecular formula is C23H24FN5O. The van der Waals surface area contributed by atoms with Crippen LogP contribution < -0.4 is 15.5 Å². The number of hydrogen-bond donors (Lipinski definition) is 2. The maximum absolute atomic E-state index is 13.0. The molecule has 0 spiro atoms. The zero-order chi connectivity index (χ0) is 20.9. The quantitative estimate of drug-likeness (QED) is 0.634. The first-order valence-electron chi connectivity index (χ1n) is 10.1. The summed E-state index contributed by atoms with van der Waals surface area (Å²) in [6, 6.07) is 15.3. The van der Waals surface area contributed by atoms with Gasteiger partial charge < -0.3 is 15.5 Å². The maximum Gasteiger partial charge on any atom is 0.229 e. The van der Waals surface area contributed by atoms with Crippen LogP contribution in [0.3, 0.4) is 0 Å². The molecule has 0 radical (unpaired) electrons. The Morgan fingerprint density at radius 3 is 2.37 bits per heavy atom. The molecule has 4 rings (SSSR count). The summed E-state index contributed by atoms with van der Waals surface area (Å²) in [5.74, 6) is 1.05. The number of aromatic nitrogens is 2. The summed E-state index contributed by atoms with van der Waals surface area (Å²) in [5.41, 5.74) is 3.21. The van der Waals surface area contributed by atoms with Crippen LogP contribution in [0.5, 0.6) is 0 Å². The number of rotatable bonds is 6. The van der Waals surface area contributed by atoms with Gasteiger partial charge >= 0.3 is 0 Å². The second-order valence-electron chi connectivity index (χ2n) is 7.44. The van der Waals surface area contributed by atoms with Crippen molar-refractivity contribution >= 4 is 29.0 Å². The van der Waals surface area contributed by atoms with E-state index in [9.17, 15) is 9.18 Å². The molecule has 0 atom stereocenters. The lowest BCUT2D eigenvalue weighted by Crippen LogP contribution is -2.19. The molecule has 6 nitrogen and oxygen atoms in total. The van der Waals surface area contributed by atoms with E-state index in [-0.39, 0.29) is 18.1 Å². The third-order valence-corrected chi connectivity index (χ3v) is 4.97. The normalized spacial score (nSPS) is 13.3.